The molecule has 0 spiro atoms. The third-order valence-corrected chi connectivity index (χ3v) is 2.64. The fourth-order valence-electron chi connectivity index (χ4n) is 1.61. The van der Waals surface area contributed by atoms with Gasteiger partial charge in [-0.3, -0.25) is 0 Å². The van der Waals surface area contributed by atoms with Crippen LogP contribution in [0.3, 0.4) is 0 Å². The molecule has 1 N–H and O–H groups in total. The number of aromatic nitrogens is 2. The highest BCUT2D eigenvalue weighted by Gasteiger charge is 2.11. The van der Waals surface area contributed by atoms with Crippen molar-refractivity contribution in [2.75, 3.05) is 0 Å². The lowest BCUT2D eigenvalue weighted by Gasteiger charge is -2.04. The van der Waals surface area contributed by atoms with Crippen molar-refractivity contribution in [3.05, 3.63) is 47.5 Å². The van der Waals surface area contributed by atoms with E-state index >= 15 is 0 Å². The molecule has 0 aliphatic heterocycles. The normalized spacial score (nSPS) is 10.9. The molecule has 0 fully saturated rings. The number of rotatable bonds is 3. The molecule has 0 aliphatic carbocycles. The summed E-state index contributed by atoms with van der Waals surface area (Å²) in [6, 6.07) is 5.58. The summed E-state index contributed by atoms with van der Waals surface area (Å²) in [7, 11) is 0. The lowest BCUT2D eigenvalue weighted by Crippen LogP contribution is -2.03. The number of benzene rings is 1. The molecule has 0 radical (unpaired) electrons. The van der Waals surface area contributed by atoms with E-state index in [1.54, 1.807) is 6.20 Å². The maximum absolute atomic E-state index is 13.8. The van der Waals surface area contributed by atoms with E-state index in [9.17, 15) is 9.18 Å². The Morgan fingerprint density at radius 3 is 2.61 bits per heavy atom. The van der Waals surface area contributed by atoms with Crippen LogP contribution >= 0.6 is 0 Å². The summed E-state index contributed by atoms with van der Waals surface area (Å²) in [4.78, 5) is 10.7. The Labute approximate surface area is 104 Å². The second-order valence-corrected chi connectivity index (χ2v) is 4.31. The van der Waals surface area contributed by atoms with E-state index in [0.29, 0.717) is 0 Å². The van der Waals surface area contributed by atoms with E-state index in [2.05, 4.69) is 5.10 Å². The summed E-state index contributed by atoms with van der Waals surface area (Å²) >= 11 is 0. The molecule has 94 valence electrons. The number of hydrogen-bond donors (Lipinski definition) is 1. The molecule has 0 amide bonds. The Balaban J connectivity index is 2.41. The smallest absolute Gasteiger partial charge is 0.335 e. The van der Waals surface area contributed by atoms with Gasteiger partial charge in [0.05, 0.1) is 11.3 Å². The molecule has 18 heavy (non-hydrogen) atoms. The molecule has 1 aromatic heterocycles. The van der Waals surface area contributed by atoms with E-state index in [1.165, 1.54) is 16.8 Å². The van der Waals surface area contributed by atoms with Crippen LogP contribution in [0.4, 0.5) is 4.39 Å². The predicted molar refractivity (Wildman–Crippen MR) is 64.6 cm³/mol. The monoisotopic (exact) mass is 248 g/mol. The van der Waals surface area contributed by atoms with Crippen LogP contribution < -0.4 is 0 Å². The number of carbonyl (C=O) groups is 1. The molecule has 1 heterocycles. The largest absolute Gasteiger partial charge is 0.478 e. The summed E-state index contributed by atoms with van der Waals surface area (Å²) in [6.45, 7) is 3.99. The van der Waals surface area contributed by atoms with Crippen LogP contribution in [0.5, 0.6) is 0 Å². The van der Waals surface area contributed by atoms with E-state index < -0.39 is 11.8 Å². The Bertz CT molecular complexity index is 590. The SMILES string of the molecule is CC(C)c1ccn(-c2ccc(C(=O)O)cc2F)n1. The van der Waals surface area contributed by atoms with Crippen LogP contribution in [0.15, 0.2) is 30.5 Å². The minimum atomic E-state index is -1.15. The van der Waals surface area contributed by atoms with Gasteiger partial charge in [-0.1, -0.05) is 13.8 Å². The summed E-state index contributed by atoms with van der Waals surface area (Å²) in [5.74, 6) is -1.50. The van der Waals surface area contributed by atoms with Gasteiger partial charge in [-0.25, -0.2) is 13.9 Å². The molecule has 5 heteroatoms. The van der Waals surface area contributed by atoms with Gasteiger partial charge in [0.1, 0.15) is 11.5 Å². The van der Waals surface area contributed by atoms with E-state index in [4.69, 9.17) is 5.11 Å². The first-order valence-electron chi connectivity index (χ1n) is 5.58. The highest BCUT2D eigenvalue weighted by molar-refractivity contribution is 5.87. The molecule has 0 atom stereocenters. The molecule has 0 unspecified atom stereocenters. The Morgan fingerprint density at radius 2 is 2.11 bits per heavy atom. The van der Waals surface area contributed by atoms with E-state index in [1.807, 2.05) is 19.9 Å². The minimum Gasteiger partial charge on any atom is -0.478 e. The summed E-state index contributed by atoms with van der Waals surface area (Å²) in [5, 5.41) is 13.0. The fourth-order valence-corrected chi connectivity index (χ4v) is 1.61. The number of carboxylic acid groups (broad SMARTS) is 1. The van der Waals surface area contributed by atoms with Crippen molar-refractivity contribution in [2.24, 2.45) is 0 Å². The molecule has 0 saturated heterocycles. The Kier molecular flexibility index (Phi) is 3.14. The fraction of sp³-hybridized carbons (Fsp3) is 0.231. The first-order chi connectivity index (χ1) is 8.49. The molecule has 1 aromatic carbocycles. The molecule has 2 aromatic rings. The molecular weight excluding hydrogens is 235 g/mol. The lowest BCUT2D eigenvalue weighted by atomic mass is 10.1. The number of halogens is 1. The average Bonchev–Trinajstić information content (AvgIpc) is 2.78. The summed E-state index contributed by atoms with van der Waals surface area (Å²) in [6.07, 6.45) is 1.66. The second kappa shape index (κ2) is 4.60. The van der Waals surface area contributed by atoms with Gasteiger partial charge >= 0.3 is 5.97 Å². The van der Waals surface area contributed by atoms with Crippen LogP contribution in [0.25, 0.3) is 5.69 Å². The van der Waals surface area contributed by atoms with Gasteiger partial charge in [0.25, 0.3) is 0 Å². The van der Waals surface area contributed by atoms with E-state index in [-0.39, 0.29) is 17.2 Å². The van der Waals surface area contributed by atoms with Crippen molar-refractivity contribution in [2.45, 2.75) is 19.8 Å². The number of nitrogens with zero attached hydrogens (tertiary/aromatic N) is 2. The maximum atomic E-state index is 13.8. The quantitative estimate of drug-likeness (QED) is 0.908. The molecule has 0 aliphatic rings. The van der Waals surface area contributed by atoms with Crippen LogP contribution in [0, 0.1) is 5.82 Å². The first kappa shape index (κ1) is 12.3. The van der Waals surface area contributed by atoms with Gasteiger partial charge < -0.3 is 5.11 Å². The van der Waals surface area contributed by atoms with Crippen LogP contribution in [-0.2, 0) is 0 Å². The summed E-state index contributed by atoms with van der Waals surface area (Å²) < 4.78 is 15.2. The standard InChI is InChI=1S/C13H13FN2O2/c1-8(2)11-5-6-16(15-11)12-4-3-9(13(17)18)7-10(12)14/h3-8H,1-2H3,(H,17,18). The van der Waals surface area contributed by atoms with E-state index in [0.717, 1.165) is 11.8 Å². The third-order valence-electron chi connectivity index (χ3n) is 2.64. The van der Waals surface area contributed by atoms with Crippen molar-refractivity contribution >= 4 is 5.97 Å². The van der Waals surface area contributed by atoms with Crippen molar-refractivity contribution < 1.29 is 14.3 Å². The predicted octanol–water partition coefficient (Wildman–Crippen LogP) is 2.83. The molecule has 0 saturated carbocycles. The average molecular weight is 248 g/mol. The van der Waals surface area contributed by atoms with Crippen molar-refractivity contribution in [3.63, 3.8) is 0 Å². The zero-order valence-corrected chi connectivity index (χ0v) is 10.1. The molecule has 0 bridgehead atoms. The van der Waals surface area contributed by atoms with Gasteiger partial charge in [-0.15, -0.1) is 0 Å². The lowest BCUT2D eigenvalue weighted by molar-refractivity contribution is 0.0696. The summed E-state index contributed by atoms with van der Waals surface area (Å²) in [5.41, 5.74) is 1.02. The zero-order valence-electron chi connectivity index (χ0n) is 10.1. The topological polar surface area (TPSA) is 55.1 Å². The first-order valence-corrected chi connectivity index (χ1v) is 5.58. The molecular formula is C13H13FN2O2. The van der Waals surface area contributed by atoms with Gasteiger partial charge in [0, 0.05) is 6.20 Å². The Morgan fingerprint density at radius 1 is 1.39 bits per heavy atom. The Hall–Kier alpha value is -2.17. The molecule has 4 nitrogen and oxygen atoms in total. The second-order valence-electron chi connectivity index (χ2n) is 4.31. The highest BCUT2D eigenvalue weighted by atomic mass is 19.1. The van der Waals surface area contributed by atoms with Gasteiger partial charge in [-0.2, -0.15) is 5.10 Å². The highest BCUT2D eigenvalue weighted by Crippen LogP contribution is 2.17. The third kappa shape index (κ3) is 2.25. The number of carboxylic acids is 1. The zero-order chi connectivity index (χ0) is 13.3. The number of hydrogen-bond acceptors (Lipinski definition) is 2. The van der Waals surface area contributed by atoms with Gasteiger partial charge in [-0.05, 0) is 30.2 Å². The van der Waals surface area contributed by atoms with Crippen LogP contribution in [0.1, 0.15) is 35.8 Å². The number of aromatic carboxylic acids is 1. The van der Waals surface area contributed by atoms with Crippen molar-refractivity contribution in [1.29, 1.82) is 0 Å². The van der Waals surface area contributed by atoms with Crippen molar-refractivity contribution in [1.82, 2.24) is 9.78 Å². The maximum Gasteiger partial charge on any atom is 0.335 e. The van der Waals surface area contributed by atoms with Gasteiger partial charge in [0.15, 0.2) is 0 Å². The van der Waals surface area contributed by atoms with Crippen LogP contribution in [0.2, 0.25) is 0 Å². The van der Waals surface area contributed by atoms with Crippen molar-refractivity contribution in [3.8, 4) is 5.69 Å². The molecule has 2 rings (SSSR count). The van der Waals surface area contributed by atoms with Gasteiger partial charge in [0.2, 0.25) is 0 Å². The minimum absolute atomic E-state index is 0.0764. The van der Waals surface area contributed by atoms with Crippen LogP contribution in [-0.4, -0.2) is 20.9 Å².